The van der Waals surface area contributed by atoms with Crippen molar-refractivity contribution in [2.45, 2.75) is 25.6 Å². The maximum atomic E-state index is 11.3. The van der Waals surface area contributed by atoms with Crippen LogP contribution in [0.4, 0.5) is 5.69 Å². The molecule has 3 rings (SSSR count). The fourth-order valence-corrected chi connectivity index (χ4v) is 3.23. The monoisotopic (exact) mass is 405 g/mol. The summed E-state index contributed by atoms with van der Waals surface area (Å²) in [7, 11) is 3.07. The van der Waals surface area contributed by atoms with Gasteiger partial charge < -0.3 is 20.3 Å². The van der Waals surface area contributed by atoms with Gasteiger partial charge in [-0.1, -0.05) is 22.9 Å². The van der Waals surface area contributed by atoms with Crippen molar-refractivity contribution in [1.29, 1.82) is 0 Å². The van der Waals surface area contributed by atoms with Crippen molar-refractivity contribution in [1.82, 2.24) is 25.6 Å². The SMILES string of the molecule is CN=C(NCc1cn(CC(=O)OC)nn1)NC1CCN(c2cccc(Cl)c2)C1. The molecule has 0 radical (unpaired) electrons. The second kappa shape index (κ2) is 9.41. The first-order valence-electron chi connectivity index (χ1n) is 9.01. The molecule has 0 bridgehead atoms. The summed E-state index contributed by atoms with van der Waals surface area (Å²) < 4.78 is 6.06. The van der Waals surface area contributed by atoms with Crippen molar-refractivity contribution < 1.29 is 9.53 Å². The Bertz CT molecular complexity index is 839. The van der Waals surface area contributed by atoms with E-state index in [-0.39, 0.29) is 18.6 Å². The second-order valence-electron chi connectivity index (χ2n) is 6.47. The van der Waals surface area contributed by atoms with Gasteiger partial charge in [0.1, 0.15) is 12.2 Å². The van der Waals surface area contributed by atoms with E-state index in [1.54, 1.807) is 13.2 Å². The number of hydrogen-bond donors (Lipinski definition) is 2. The molecule has 150 valence electrons. The molecule has 1 aliphatic rings. The number of guanidine groups is 1. The number of halogens is 1. The lowest BCUT2D eigenvalue weighted by molar-refractivity contribution is -0.141. The van der Waals surface area contributed by atoms with E-state index < -0.39 is 0 Å². The van der Waals surface area contributed by atoms with Gasteiger partial charge in [-0.15, -0.1) is 5.10 Å². The van der Waals surface area contributed by atoms with E-state index in [4.69, 9.17) is 11.6 Å². The van der Waals surface area contributed by atoms with E-state index in [1.165, 1.54) is 11.8 Å². The lowest BCUT2D eigenvalue weighted by Gasteiger charge is -2.20. The van der Waals surface area contributed by atoms with E-state index in [9.17, 15) is 4.79 Å². The van der Waals surface area contributed by atoms with Crippen molar-refractivity contribution >= 4 is 29.2 Å². The van der Waals surface area contributed by atoms with Crippen LogP contribution < -0.4 is 15.5 Å². The topological polar surface area (TPSA) is 96.7 Å². The zero-order valence-corrected chi connectivity index (χ0v) is 16.7. The molecule has 2 heterocycles. The number of carbonyl (C=O) groups is 1. The number of nitrogens with zero attached hydrogens (tertiary/aromatic N) is 5. The van der Waals surface area contributed by atoms with Crippen LogP contribution in [0.2, 0.25) is 5.02 Å². The fraction of sp³-hybridized carbons (Fsp3) is 0.444. The van der Waals surface area contributed by atoms with Crippen LogP contribution in [-0.2, 0) is 22.6 Å². The Hall–Kier alpha value is -2.81. The normalized spacial score (nSPS) is 16.9. The van der Waals surface area contributed by atoms with Crippen LogP contribution in [0, 0.1) is 0 Å². The number of hydrogen-bond acceptors (Lipinski definition) is 6. The van der Waals surface area contributed by atoms with Gasteiger partial charge in [0, 0.05) is 36.9 Å². The average molecular weight is 406 g/mol. The maximum Gasteiger partial charge on any atom is 0.327 e. The Labute approximate surface area is 168 Å². The molecule has 28 heavy (non-hydrogen) atoms. The highest BCUT2D eigenvalue weighted by Crippen LogP contribution is 2.23. The standard InChI is InChI=1S/C18H24ClN7O2/c1-20-18(21-9-15-11-26(24-23-15)12-17(27)28-2)22-14-6-7-25(10-14)16-5-3-4-13(19)8-16/h3-5,8,11,14H,6-7,9-10,12H2,1-2H3,(H2,20,21,22). The molecule has 1 aromatic heterocycles. The van der Waals surface area contributed by atoms with Crippen LogP contribution in [-0.4, -0.2) is 60.2 Å². The molecule has 9 nitrogen and oxygen atoms in total. The molecule has 0 saturated carbocycles. The summed E-state index contributed by atoms with van der Waals surface area (Å²) >= 11 is 6.09. The van der Waals surface area contributed by atoms with Crippen molar-refractivity contribution in [2.24, 2.45) is 4.99 Å². The van der Waals surface area contributed by atoms with Gasteiger partial charge in [-0.2, -0.15) is 0 Å². The van der Waals surface area contributed by atoms with E-state index in [1.807, 2.05) is 18.2 Å². The number of carbonyl (C=O) groups excluding carboxylic acids is 1. The molecule has 1 aliphatic heterocycles. The number of rotatable bonds is 6. The highest BCUT2D eigenvalue weighted by atomic mass is 35.5. The number of nitrogens with one attached hydrogen (secondary N) is 2. The van der Waals surface area contributed by atoms with E-state index in [0.717, 1.165) is 30.2 Å². The molecule has 2 aromatic rings. The first-order chi connectivity index (χ1) is 13.6. The lowest BCUT2D eigenvalue weighted by atomic mass is 10.2. The van der Waals surface area contributed by atoms with Crippen molar-refractivity contribution in [3.63, 3.8) is 0 Å². The van der Waals surface area contributed by atoms with Gasteiger partial charge in [0.25, 0.3) is 0 Å². The second-order valence-corrected chi connectivity index (χ2v) is 6.90. The van der Waals surface area contributed by atoms with Gasteiger partial charge >= 0.3 is 5.97 Å². The van der Waals surface area contributed by atoms with Gasteiger partial charge in [-0.25, -0.2) is 4.68 Å². The number of esters is 1. The van der Waals surface area contributed by atoms with Crippen molar-refractivity contribution in [2.75, 3.05) is 32.1 Å². The molecule has 1 fully saturated rings. The third-order valence-corrected chi connectivity index (χ3v) is 4.70. The zero-order valence-electron chi connectivity index (χ0n) is 15.9. The van der Waals surface area contributed by atoms with Crippen LogP contribution in [0.3, 0.4) is 0 Å². The molecule has 0 aliphatic carbocycles. The Morgan fingerprint density at radius 3 is 3.07 bits per heavy atom. The van der Waals surface area contributed by atoms with Gasteiger partial charge in [0.2, 0.25) is 0 Å². The minimum Gasteiger partial charge on any atom is -0.468 e. The fourth-order valence-electron chi connectivity index (χ4n) is 3.04. The van der Waals surface area contributed by atoms with Crippen LogP contribution >= 0.6 is 11.6 Å². The van der Waals surface area contributed by atoms with Gasteiger partial charge in [-0.05, 0) is 24.6 Å². The quantitative estimate of drug-likeness (QED) is 0.421. The number of methoxy groups -OCH3 is 1. The summed E-state index contributed by atoms with van der Waals surface area (Å²) in [5, 5.41) is 15.4. The van der Waals surface area contributed by atoms with Gasteiger partial charge in [-0.3, -0.25) is 9.79 Å². The van der Waals surface area contributed by atoms with Crippen molar-refractivity contribution in [3.8, 4) is 0 Å². The number of benzene rings is 1. The molecule has 1 aromatic carbocycles. The van der Waals surface area contributed by atoms with Crippen LogP contribution in [0.25, 0.3) is 0 Å². The average Bonchev–Trinajstić information content (AvgIpc) is 3.34. The highest BCUT2D eigenvalue weighted by molar-refractivity contribution is 6.30. The maximum absolute atomic E-state index is 11.3. The molecule has 1 unspecified atom stereocenters. The minimum absolute atomic E-state index is 0.0396. The third kappa shape index (κ3) is 5.35. The van der Waals surface area contributed by atoms with Gasteiger partial charge in [0.15, 0.2) is 5.96 Å². The van der Waals surface area contributed by atoms with Gasteiger partial charge in [0.05, 0.1) is 19.9 Å². The van der Waals surface area contributed by atoms with E-state index in [0.29, 0.717) is 18.2 Å². The summed E-state index contributed by atoms with van der Waals surface area (Å²) in [6.45, 7) is 2.32. The smallest absolute Gasteiger partial charge is 0.327 e. The molecule has 10 heteroatoms. The third-order valence-electron chi connectivity index (χ3n) is 4.47. The molecule has 2 N–H and O–H groups in total. The molecule has 1 atom stereocenters. The van der Waals surface area contributed by atoms with Crippen LogP contribution in [0.15, 0.2) is 35.5 Å². The predicted octanol–water partition coefficient (Wildman–Crippen LogP) is 1.05. The molecule has 0 spiro atoms. The molecule has 0 amide bonds. The van der Waals surface area contributed by atoms with Crippen LogP contribution in [0.5, 0.6) is 0 Å². The number of aliphatic imine (C=N–C) groups is 1. The lowest BCUT2D eigenvalue weighted by Crippen LogP contribution is -2.44. The van der Waals surface area contributed by atoms with E-state index in [2.05, 4.69) is 41.6 Å². The number of anilines is 1. The van der Waals surface area contributed by atoms with E-state index >= 15 is 0 Å². The first kappa shape index (κ1) is 19.9. The zero-order chi connectivity index (χ0) is 19.9. The number of aromatic nitrogens is 3. The summed E-state index contributed by atoms with van der Waals surface area (Å²) in [5.41, 5.74) is 1.83. The largest absolute Gasteiger partial charge is 0.468 e. The summed E-state index contributed by atoms with van der Waals surface area (Å²) in [4.78, 5) is 17.9. The highest BCUT2D eigenvalue weighted by Gasteiger charge is 2.23. The summed E-state index contributed by atoms with van der Waals surface area (Å²) in [6, 6.07) is 8.17. The summed E-state index contributed by atoms with van der Waals surface area (Å²) in [6.07, 6.45) is 2.70. The molecular formula is C18H24ClN7O2. The van der Waals surface area contributed by atoms with Crippen LogP contribution in [0.1, 0.15) is 12.1 Å². The Kier molecular flexibility index (Phi) is 6.70. The predicted molar refractivity (Wildman–Crippen MR) is 107 cm³/mol. The molecule has 1 saturated heterocycles. The molecular weight excluding hydrogens is 382 g/mol. The Morgan fingerprint density at radius 1 is 1.46 bits per heavy atom. The summed E-state index contributed by atoms with van der Waals surface area (Å²) in [5.74, 6) is 0.327. The number of ether oxygens (including phenoxy) is 1. The van der Waals surface area contributed by atoms with Crippen molar-refractivity contribution in [3.05, 3.63) is 41.2 Å². The first-order valence-corrected chi connectivity index (χ1v) is 9.38. The minimum atomic E-state index is -0.368. The Balaban J connectivity index is 1.48. The Morgan fingerprint density at radius 2 is 2.32 bits per heavy atom.